The molecule has 4 rings (SSSR count). The predicted octanol–water partition coefficient (Wildman–Crippen LogP) is 5.62. The molecule has 2 nitrogen and oxygen atoms in total. The maximum Gasteiger partial charge on any atom is 0.153 e. The Morgan fingerprint density at radius 1 is 1.13 bits per heavy atom. The number of fused-ring (bicyclic) bond motifs is 2. The minimum atomic E-state index is -0.579. The van der Waals surface area contributed by atoms with Crippen molar-refractivity contribution in [3.63, 3.8) is 0 Å². The Bertz CT molecular complexity index is 1070. The summed E-state index contributed by atoms with van der Waals surface area (Å²) in [6.45, 7) is 1.42. The second-order valence-corrected chi connectivity index (χ2v) is 5.84. The highest BCUT2D eigenvalue weighted by Gasteiger charge is 2.16. The Hall–Kier alpha value is -2.46. The fourth-order valence-corrected chi connectivity index (χ4v) is 2.99. The third kappa shape index (κ3) is 2.10. The predicted molar refractivity (Wildman–Crippen MR) is 88.7 cm³/mol. The molecule has 2 aromatic carbocycles. The molecule has 0 fully saturated rings. The molecule has 0 radical (unpaired) electrons. The first-order chi connectivity index (χ1) is 11.1. The molecule has 23 heavy (non-hydrogen) atoms. The summed E-state index contributed by atoms with van der Waals surface area (Å²) in [6, 6.07) is 10.6. The van der Waals surface area contributed by atoms with Gasteiger partial charge in [-0.1, -0.05) is 29.8 Å². The van der Waals surface area contributed by atoms with E-state index in [2.05, 4.69) is 9.97 Å². The summed E-state index contributed by atoms with van der Waals surface area (Å²) in [5.41, 5.74) is 2.19. The first kappa shape index (κ1) is 14.2. The van der Waals surface area contributed by atoms with Crippen molar-refractivity contribution in [1.82, 2.24) is 9.97 Å². The number of halogens is 3. The SMILES string of the molecule is Cc1c(F)cc2c(-c3ccc4cccc(Cl)c4n3)c[nH]c2c1F. The molecule has 5 heteroatoms. The van der Waals surface area contributed by atoms with Gasteiger partial charge in [-0.2, -0.15) is 0 Å². The average Bonchev–Trinajstić information content (AvgIpc) is 2.96. The van der Waals surface area contributed by atoms with Crippen LogP contribution in [-0.2, 0) is 0 Å². The fraction of sp³-hybridized carbons (Fsp3) is 0.0556. The number of nitrogens with zero attached hydrogens (tertiary/aromatic N) is 1. The van der Waals surface area contributed by atoms with E-state index in [1.165, 1.54) is 13.0 Å². The molecule has 0 bridgehead atoms. The second kappa shape index (κ2) is 5.03. The van der Waals surface area contributed by atoms with Crippen LogP contribution in [-0.4, -0.2) is 9.97 Å². The molecule has 0 aliphatic heterocycles. The zero-order valence-corrected chi connectivity index (χ0v) is 12.9. The lowest BCUT2D eigenvalue weighted by Crippen LogP contribution is -1.90. The van der Waals surface area contributed by atoms with Crippen molar-refractivity contribution in [2.45, 2.75) is 6.92 Å². The number of hydrogen-bond donors (Lipinski definition) is 1. The largest absolute Gasteiger partial charge is 0.358 e. The highest BCUT2D eigenvalue weighted by molar-refractivity contribution is 6.35. The van der Waals surface area contributed by atoms with Gasteiger partial charge in [-0.25, -0.2) is 13.8 Å². The molecule has 0 aliphatic carbocycles. The van der Waals surface area contributed by atoms with E-state index >= 15 is 0 Å². The van der Waals surface area contributed by atoms with Crippen LogP contribution in [0.4, 0.5) is 8.78 Å². The molecule has 0 spiro atoms. The van der Waals surface area contributed by atoms with Crippen LogP contribution in [0.5, 0.6) is 0 Å². The van der Waals surface area contributed by atoms with Gasteiger partial charge < -0.3 is 4.98 Å². The quantitative estimate of drug-likeness (QED) is 0.482. The monoisotopic (exact) mass is 328 g/mol. The van der Waals surface area contributed by atoms with Crippen molar-refractivity contribution < 1.29 is 8.78 Å². The Balaban J connectivity index is 2.01. The van der Waals surface area contributed by atoms with E-state index in [-0.39, 0.29) is 11.1 Å². The lowest BCUT2D eigenvalue weighted by molar-refractivity contribution is 0.576. The standard InChI is InChI=1S/C18H11ClF2N2/c1-9-14(20)7-11-12(8-22-18(11)16(9)21)15-6-5-10-3-2-4-13(19)17(10)23-15/h2-8,22H,1H3. The summed E-state index contributed by atoms with van der Waals surface area (Å²) in [6.07, 6.45) is 1.64. The van der Waals surface area contributed by atoms with Crippen LogP contribution in [0.15, 0.2) is 42.6 Å². The van der Waals surface area contributed by atoms with Crippen LogP contribution in [0, 0.1) is 18.6 Å². The minimum Gasteiger partial charge on any atom is -0.358 e. The minimum absolute atomic E-state index is 0.000384. The molecule has 0 saturated carbocycles. The van der Waals surface area contributed by atoms with Crippen molar-refractivity contribution in [2.75, 3.05) is 0 Å². The third-order valence-corrected chi connectivity index (χ3v) is 4.35. The Kier molecular flexibility index (Phi) is 3.10. The van der Waals surface area contributed by atoms with Gasteiger partial charge in [0.05, 0.1) is 21.7 Å². The number of para-hydroxylation sites is 1. The second-order valence-electron chi connectivity index (χ2n) is 5.43. The average molecular weight is 329 g/mol. The van der Waals surface area contributed by atoms with Gasteiger partial charge in [0.2, 0.25) is 0 Å². The summed E-state index contributed by atoms with van der Waals surface area (Å²) >= 11 is 6.19. The highest BCUT2D eigenvalue weighted by Crippen LogP contribution is 2.33. The van der Waals surface area contributed by atoms with Crippen molar-refractivity contribution in [2.24, 2.45) is 0 Å². The molecule has 2 aromatic heterocycles. The van der Waals surface area contributed by atoms with Gasteiger partial charge in [-0.15, -0.1) is 0 Å². The summed E-state index contributed by atoms with van der Waals surface area (Å²) in [5, 5.41) is 1.91. The number of hydrogen-bond acceptors (Lipinski definition) is 1. The lowest BCUT2D eigenvalue weighted by Gasteiger charge is -2.05. The van der Waals surface area contributed by atoms with Gasteiger partial charge in [0, 0.05) is 28.1 Å². The molecule has 0 saturated heterocycles. The zero-order valence-electron chi connectivity index (χ0n) is 12.1. The van der Waals surface area contributed by atoms with E-state index < -0.39 is 11.6 Å². The van der Waals surface area contributed by atoms with Crippen molar-refractivity contribution >= 4 is 33.4 Å². The van der Waals surface area contributed by atoms with E-state index in [0.29, 0.717) is 27.2 Å². The third-order valence-electron chi connectivity index (χ3n) is 4.05. The van der Waals surface area contributed by atoms with Gasteiger partial charge in [0.25, 0.3) is 0 Å². The van der Waals surface area contributed by atoms with Crippen molar-refractivity contribution in [3.05, 3.63) is 64.8 Å². The zero-order chi connectivity index (χ0) is 16.1. The van der Waals surface area contributed by atoms with E-state index in [1.54, 1.807) is 12.3 Å². The lowest BCUT2D eigenvalue weighted by atomic mass is 10.1. The van der Waals surface area contributed by atoms with Gasteiger partial charge in [-0.05, 0) is 25.1 Å². The first-order valence-electron chi connectivity index (χ1n) is 7.07. The van der Waals surface area contributed by atoms with Crippen LogP contribution in [0.25, 0.3) is 33.1 Å². The topological polar surface area (TPSA) is 28.7 Å². The molecule has 0 atom stereocenters. The van der Waals surface area contributed by atoms with Gasteiger partial charge >= 0.3 is 0 Å². The van der Waals surface area contributed by atoms with Crippen LogP contribution in [0.3, 0.4) is 0 Å². The summed E-state index contributed by atoms with van der Waals surface area (Å²) in [7, 11) is 0. The van der Waals surface area contributed by atoms with Gasteiger partial charge in [0.1, 0.15) is 5.82 Å². The Morgan fingerprint density at radius 3 is 2.78 bits per heavy atom. The summed E-state index contributed by atoms with van der Waals surface area (Å²) in [4.78, 5) is 7.42. The number of benzene rings is 2. The fourth-order valence-electron chi connectivity index (χ4n) is 2.77. The number of rotatable bonds is 1. The molecule has 1 N–H and O–H groups in total. The van der Waals surface area contributed by atoms with E-state index in [4.69, 9.17) is 11.6 Å². The van der Waals surface area contributed by atoms with Crippen LogP contribution in [0.1, 0.15) is 5.56 Å². The number of H-pyrrole nitrogens is 1. The molecule has 0 unspecified atom stereocenters. The van der Waals surface area contributed by atoms with Crippen LogP contribution in [0.2, 0.25) is 5.02 Å². The van der Waals surface area contributed by atoms with E-state index in [9.17, 15) is 8.78 Å². The summed E-state index contributed by atoms with van der Waals surface area (Å²) < 4.78 is 28.1. The van der Waals surface area contributed by atoms with Crippen LogP contribution >= 0.6 is 11.6 Å². The molecule has 114 valence electrons. The molecular formula is C18H11ClF2N2. The molecular weight excluding hydrogens is 318 g/mol. The molecule has 4 aromatic rings. The first-order valence-corrected chi connectivity index (χ1v) is 7.45. The van der Waals surface area contributed by atoms with Crippen LogP contribution < -0.4 is 0 Å². The van der Waals surface area contributed by atoms with E-state index in [0.717, 1.165) is 5.39 Å². The highest BCUT2D eigenvalue weighted by atomic mass is 35.5. The smallest absolute Gasteiger partial charge is 0.153 e. The number of pyridine rings is 1. The number of nitrogens with one attached hydrogen (secondary N) is 1. The normalized spacial score (nSPS) is 11.5. The molecule has 2 heterocycles. The molecule has 0 aliphatic rings. The van der Waals surface area contributed by atoms with Crippen molar-refractivity contribution in [3.8, 4) is 11.3 Å². The maximum absolute atomic E-state index is 14.2. The van der Waals surface area contributed by atoms with Crippen molar-refractivity contribution in [1.29, 1.82) is 0 Å². The summed E-state index contributed by atoms with van der Waals surface area (Å²) in [5.74, 6) is -1.15. The molecule has 0 amide bonds. The Morgan fingerprint density at radius 2 is 1.96 bits per heavy atom. The van der Waals surface area contributed by atoms with Gasteiger partial charge in [0.15, 0.2) is 5.82 Å². The maximum atomic E-state index is 14.2. The van der Waals surface area contributed by atoms with E-state index in [1.807, 2.05) is 24.3 Å². The number of aromatic amines is 1. The van der Waals surface area contributed by atoms with Gasteiger partial charge in [-0.3, -0.25) is 0 Å². The number of aromatic nitrogens is 2. The Labute approximate surface area is 135 Å².